The molecule has 0 saturated heterocycles. The van der Waals surface area contributed by atoms with E-state index in [0.717, 1.165) is 12.1 Å². The van der Waals surface area contributed by atoms with Crippen LogP contribution in [0.15, 0.2) is 12.1 Å². The molecule has 0 unspecified atom stereocenters. The molecule has 0 fully saturated rings. The van der Waals surface area contributed by atoms with Gasteiger partial charge in [-0.25, -0.2) is 4.79 Å². The molecular formula is C10H8F3NO4. The maximum Gasteiger partial charge on any atom is 0.471 e. The zero-order valence-electron chi connectivity index (χ0n) is 9.00. The molecule has 1 aromatic rings. The van der Waals surface area contributed by atoms with E-state index in [0.29, 0.717) is 0 Å². The highest BCUT2D eigenvalue weighted by Gasteiger charge is 2.39. The quantitative estimate of drug-likeness (QED) is 0.711. The number of phenols is 1. The second kappa shape index (κ2) is 4.55. The van der Waals surface area contributed by atoms with Crippen LogP contribution in [-0.2, 0) is 4.79 Å². The zero-order valence-corrected chi connectivity index (χ0v) is 9.00. The third kappa shape index (κ3) is 2.70. The molecule has 0 aromatic heterocycles. The monoisotopic (exact) mass is 263 g/mol. The number of carboxylic acid groups (broad SMARTS) is 1. The first-order valence-electron chi connectivity index (χ1n) is 4.58. The third-order valence-electron chi connectivity index (χ3n) is 2.17. The molecule has 8 heteroatoms. The number of hydrogen-bond donors (Lipinski definition) is 3. The number of halogens is 3. The Morgan fingerprint density at radius 1 is 1.28 bits per heavy atom. The topological polar surface area (TPSA) is 86.6 Å². The van der Waals surface area contributed by atoms with Crippen molar-refractivity contribution >= 4 is 17.6 Å². The lowest BCUT2D eigenvalue weighted by molar-refractivity contribution is -0.167. The molecule has 1 aromatic carbocycles. The predicted molar refractivity (Wildman–Crippen MR) is 54.5 cm³/mol. The molecule has 0 spiro atoms. The van der Waals surface area contributed by atoms with Gasteiger partial charge in [-0.3, -0.25) is 4.79 Å². The minimum atomic E-state index is -5.09. The van der Waals surface area contributed by atoms with Crippen LogP contribution >= 0.6 is 0 Å². The van der Waals surface area contributed by atoms with Crippen molar-refractivity contribution in [1.82, 2.24) is 0 Å². The van der Waals surface area contributed by atoms with Crippen LogP contribution in [0.4, 0.5) is 18.9 Å². The summed E-state index contributed by atoms with van der Waals surface area (Å²) >= 11 is 0. The summed E-state index contributed by atoms with van der Waals surface area (Å²) in [6, 6.07) is 1.87. The van der Waals surface area contributed by atoms with Crippen LogP contribution in [0.2, 0.25) is 0 Å². The molecule has 0 heterocycles. The van der Waals surface area contributed by atoms with E-state index in [1.54, 1.807) is 0 Å². The van der Waals surface area contributed by atoms with Crippen molar-refractivity contribution in [3.05, 3.63) is 23.3 Å². The van der Waals surface area contributed by atoms with Gasteiger partial charge in [0, 0.05) is 5.56 Å². The van der Waals surface area contributed by atoms with Gasteiger partial charge in [0.1, 0.15) is 5.75 Å². The summed E-state index contributed by atoms with van der Waals surface area (Å²) in [6.07, 6.45) is -5.09. The molecule has 0 aliphatic rings. The lowest BCUT2D eigenvalue weighted by Gasteiger charge is -2.12. The summed E-state index contributed by atoms with van der Waals surface area (Å²) in [5, 5.41) is 19.7. The summed E-state index contributed by atoms with van der Waals surface area (Å²) in [5.74, 6) is -4.30. The number of alkyl halides is 3. The Labute approximate surface area is 98.8 Å². The number of phenolic OH excluding ortho intramolecular Hbond substituents is 1. The van der Waals surface area contributed by atoms with E-state index in [4.69, 9.17) is 5.11 Å². The van der Waals surface area contributed by atoms with Crippen LogP contribution in [0.25, 0.3) is 0 Å². The fourth-order valence-corrected chi connectivity index (χ4v) is 1.23. The van der Waals surface area contributed by atoms with Crippen LogP contribution in [0.3, 0.4) is 0 Å². The molecular weight excluding hydrogens is 255 g/mol. The highest BCUT2D eigenvalue weighted by Crippen LogP contribution is 2.31. The van der Waals surface area contributed by atoms with E-state index in [1.165, 1.54) is 12.2 Å². The van der Waals surface area contributed by atoms with E-state index in [-0.39, 0.29) is 11.1 Å². The second-order valence-corrected chi connectivity index (χ2v) is 3.39. The summed E-state index contributed by atoms with van der Waals surface area (Å²) < 4.78 is 36.0. The normalized spacial score (nSPS) is 11.1. The molecule has 0 bridgehead atoms. The van der Waals surface area contributed by atoms with E-state index in [1.807, 2.05) is 0 Å². The number of hydrogen-bond acceptors (Lipinski definition) is 3. The standard InChI is InChI=1S/C10H8F3NO4/c1-4-5(8(16)17)2-3-6(7(4)15)14-9(18)10(11,12)13/h2-3,15H,1H3,(H,14,18)(H,16,17). The first-order valence-corrected chi connectivity index (χ1v) is 4.58. The minimum Gasteiger partial charge on any atom is -0.505 e. The Hall–Kier alpha value is -2.25. The Bertz CT molecular complexity index is 511. The van der Waals surface area contributed by atoms with Crippen molar-refractivity contribution < 1.29 is 33.0 Å². The summed E-state index contributed by atoms with van der Waals surface area (Å²) in [7, 11) is 0. The largest absolute Gasteiger partial charge is 0.505 e. The van der Waals surface area contributed by atoms with Gasteiger partial charge in [-0.05, 0) is 19.1 Å². The van der Waals surface area contributed by atoms with E-state index >= 15 is 0 Å². The number of carbonyl (C=O) groups excluding carboxylic acids is 1. The molecule has 0 atom stereocenters. The molecule has 0 aliphatic heterocycles. The van der Waals surface area contributed by atoms with E-state index in [9.17, 15) is 27.9 Å². The average Bonchev–Trinajstić information content (AvgIpc) is 2.22. The van der Waals surface area contributed by atoms with E-state index in [2.05, 4.69) is 0 Å². The van der Waals surface area contributed by atoms with Crippen molar-refractivity contribution in [3.8, 4) is 5.75 Å². The van der Waals surface area contributed by atoms with Crippen LogP contribution in [0, 0.1) is 6.92 Å². The van der Waals surface area contributed by atoms with Gasteiger partial charge in [0.05, 0.1) is 11.3 Å². The molecule has 0 aliphatic carbocycles. The average molecular weight is 263 g/mol. The van der Waals surface area contributed by atoms with Crippen molar-refractivity contribution in [2.45, 2.75) is 13.1 Å². The fraction of sp³-hybridized carbons (Fsp3) is 0.200. The lowest BCUT2D eigenvalue weighted by atomic mass is 10.1. The van der Waals surface area contributed by atoms with Crippen LogP contribution in [0.5, 0.6) is 5.75 Å². The van der Waals surface area contributed by atoms with Crippen LogP contribution in [0.1, 0.15) is 15.9 Å². The molecule has 1 amide bonds. The third-order valence-corrected chi connectivity index (χ3v) is 2.17. The van der Waals surface area contributed by atoms with Crippen molar-refractivity contribution in [1.29, 1.82) is 0 Å². The predicted octanol–water partition coefficient (Wildman–Crippen LogP) is 1.90. The zero-order chi connectivity index (χ0) is 14.1. The molecule has 3 N–H and O–H groups in total. The van der Waals surface area contributed by atoms with Gasteiger partial charge in [0.15, 0.2) is 0 Å². The Morgan fingerprint density at radius 3 is 2.28 bits per heavy atom. The van der Waals surface area contributed by atoms with Gasteiger partial charge in [-0.2, -0.15) is 13.2 Å². The van der Waals surface area contributed by atoms with Crippen LogP contribution in [-0.4, -0.2) is 28.3 Å². The summed E-state index contributed by atoms with van der Waals surface area (Å²) in [5.41, 5.74) is -0.903. The van der Waals surface area contributed by atoms with Gasteiger partial charge < -0.3 is 15.5 Å². The van der Waals surface area contributed by atoms with Crippen molar-refractivity contribution in [2.24, 2.45) is 0 Å². The smallest absolute Gasteiger partial charge is 0.471 e. The highest BCUT2D eigenvalue weighted by atomic mass is 19.4. The van der Waals surface area contributed by atoms with Gasteiger partial charge in [0.25, 0.3) is 0 Å². The Morgan fingerprint density at radius 2 is 1.83 bits per heavy atom. The van der Waals surface area contributed by atoms with Gasteiger partial charge in [-0.1, -0.05) is 0 Å². The highest BCUT2D eigenvalue weighted by molar-refractivity contribution is 5.98. The summed E-state index contributed by atoms with van der Waals surface area (Å²) in [6.45, 7) is 1.21. The molecule has 1 rings (SSSR count). The number of rotatable bonds is 2. The molecule has 98 valence electrons. The molecule has 5 nitrogen and oxygen atoms in total. The number of anilines is 1. The van der Waals surface area contributed by atoms with E-state index < -0.39 is 29.5 Å². The maximum atomic E-state index is 12.0. The minimum absolute atomic E-state index is 0.137. The first-order chi connectivity index (χ1) is 8.14. The van der Waals surface area contributed by atoms with Crippen LogP contribution < -0.4 is 5.32 Å². The molecule has 0 saturated carbocycles. The second-order valence-electron chi connectivity index (χ2n) is 3.39. The Balaban J connectivity index is 3.11. The number of carbonyl (C=O) groups is 2. The van der Waals surface area contributed by atoms with Gasteiger partial charge >= 0.3 is 18.1 Å². The fourth-order valence-electron chi connectivity index (χ4n) is 1.23. The molecule has 18 heavy (non-hydrogen) atoms. The maximum absolute atomic E-state index is 12.0. The Kier molecular flexibility index (Phi) is 3.49. The first kappa shape index (κ1) is 13.8. The summed E-state index contributed by atoms with van der Waals surface area (Å²) in [4.78, 5) is 21.3. The number of benzene rings is 1. The lowest BCUT2D eigenvalue weighted by Crippen LogP contribution is -2.30. The number of aromatic carboxylic acids is 1. The van der Waals surface area contributed by atoms with Gasteiger partial charge in [-0.15, -0.1) is 0 Å². The number of aromatic hydroxyl groups is 1. The number of amides is 1. The molecule has 0 radical (unpaired) electrons. The van der Waals surface area contributed by atoms with Crippen molar-refractivity contribution in [3.63, 3.8) is 0 Å². The number of nitrogens with one attached hydrogen (secondary N) is 1. The van der Waals surface area contributed by atoms with Crippen molar-refractivity contribution in [2.75, 3.05) is 5.32 Å². The SMILES string of the molecule is Cc1c(C(=O)O)ccc(NC(=O)C(F)(F)F)c1O. The number of carboxylic acids is 1. The van der Waals surface area contributed by atoms with Gasteiger partial charge in [0.2, 0.25) is 0 Å².